The number of aliphatic hydroxyl groups is 2. The van der Waals surface area contributed by atoms with Gasteiger partial charge in [-0.2, -0.15) is 0 Å². The number of ether oxygens (including phenoxy) is 4. The Morgan fingerprint density at radius 2 is 2.03 bits per heavy atom. The van der Waals surface area contributed by atoms with E-state index in [4.69, 9.17) is 18.9 Å². The lowest BCUT2D eigenvalue weighted by atomic mass is 10.0. The Kier molecular flexibility index (Phi) is 9.06. The predicted octanol–water partition coefficient (Wildman–Crippen LogP) is 4.68. The van der Waals surface area contributed by atoms with E-state index in [1.807, 2.05) is 54.1 Å². The molecule has 2 aliphatic heterocycles. The van der Waals surface area contributed by atoms with Gasteiger partial charge in [-0.15, -0.1) is 0 Å². The quantitative estimate of drug-likeness (QED) is 0.387. The number of hydrogen-bond acceptors (Lipinski definition) is 7. The van der Waals surface area contributed by atoms with E-state index < -0.39 is 18.0 Å². The number of benzene rings is 2. The molecule has 2 N–H and O–H groups in total. The predicted molar refractivity (Wildman–Crippen MR) is 144 cm³/mol. The fraction of sp³-hybridized carbons (Fsp3) is 0.433. The molecule has 0 spiro atoms. The lowest BCUT2D eigenvalue weighted by Gasteiger charge is -2.27. The van der Waals surface area contributed by atoms with Crippen molar-refractivity contribution in [2.45, 2.75) is 56.8 Å². The SMILES string of the molecule is C[C@H](OC1CCCCO1)c1nccn1[C@@H](/C=C/c1ccc(-c2ccc(OC3COC[C@H]3O)cc2F)cc1)CO. The number of aromatic nitrogens is 2. The molecule has 2 aromatic carbocycles. The van der Waals surface area contributed by atoms with Crippen LogP contribution in [0.15, 0.2) is 60.9 Å². The normalized spacial score (nSPS) is 23.2. The smallest absolute Gasteiger partial charge is 0.158 e. The van der Waals surface area contributed by atoms with Crippen molar-refractivity contribution >= 4 is 6.08 Å². The van der Waals surface area contributed by atoms with Crippen molar-refractivity contribution in [1.82, 2.24) is 9.55 Å². The molecular formula is C30H35FN2O6. The summed E-state index contributed by atoms with van der Waals surface area (Å²) >= 11 is 0. The molecule has 208 valence electrons. The maximum atomic E-state index is 14.9. The first-order chi connectivity index (χ1) is 19.0. The van der Waals surface area contributed by atoms with Crippen molar-refractivity contribution in [3.8, 4) is 16.9 Å². The largest absolute Gasteiger partial charge is 0.485 e. The van der Waals surface area contributed by atoms with Crippen LogP contribution in [-0.4, -0.2) is 64.7 Å². The Hall–Kier alpha value is -3.08. The maximum absolute atomic E-state index is 14.9. The summed E-state index contributed by atoms with van der Waals surface area (Å²) in [7, 11) is 0. The molecule has 5 atom stereocenters. The van der Waals surface area contributed by atoms with Crippen LogP contribution in [0.3, 0.4) is 0 Å². The van der Waals surface area contributed by atoms with Crippen molar-refractivity contribution in [2.24, 2.45) is 0 Å². The highest BCUT2D eigenvalue weighted by Crippen LogP contribution is 2.29. The van der Waals surface area contributed by atoms with Crippen LogP contribution in [0.4, 0.5) is 4.39 Å². The van der Waals surface area contributed by atoms with Crippen LogP contribution in [0.1, 0.15) is 49.7 Å². The summed E-state index contributed by atoms with van der Waals surface area (Å²) in [6, 6.07) is 11.9. The maximum Gasteiger partial charge on any atom is 0.158 e. The number of halogens is 1. The Morgan fingerprint density at radius 1 is 1.18 bits per heavy atom. The van der Waals surface area contributed by atoms with Gasteiger partial charge in [-0.1, -0.05) is 36.4 Å². The van der Waals surface area contributed by atoms with Gasteiger partial charge in [0.15, 0.2) is 6.29 Å². The number of nitrogens with zero attached hydrogens (tertiary/aromatic N) is 2. The van der Waals surface area contributed by atoms with Crippen molar-refractivity contribution in [3.05, 3.63) is 78.1 Å². The van der Waals surface area contributed by atoms with Crippen molar-refractivity contribution in [1.29, 1.82) is 0 Å². The highest BCUT2D eigenvalue weighted by molar-refractivity contribution is 5.67. The van der Waals surface area contributed by atoms with E-state index in [1.54, 1.807) is 18.3 Å². The summed E-state index contributed by atoms with van der Waals surface area (Å²) in [6.45, 7) is 3.05. The van der Waals surface area contributed by atoms with Crippen LogP contribution >= 0.6 is 0 Å². The molecule has 0 aliphatic carbocycles. The molecule has 2 unspecified atom stereocenters. The fourth-order valence-electron chi connectivity index (χ4n) is 4.88. The molecule has 3 heterocycles. The zero-order chi connectivity index (χ0) is 27.2. The molecule has 2 fully saturated rings. The number of imidazole rings is 1. The molecule has 0 saturated carbocycles. The standard InChI is InChI=1S/C30H35FN2O6/c1-20(38-29-4-2-3-15-37-29)30-32-13-14-33(30)23(17-34)10-7-21-5-8-22(9-6-21)25-12-11-24(16-26(25)31)39-28-19-36-18-27(28)35/h5-14,16,20,23,27-29,34-35H,2-4,15,17-19H2,1H3/b10-7+/t20-,23-,27+,28?,29?/m0/s1. The van der Waals surface area contributed by atoms with Gasteiger partial charge in [0.2, 0.25) is 0 Å². The first-order valence-corrected chi connectivity index (χ1v) is 13.4. The van der Waals surface area contributed by atoms with Crippen molar-refractivity contribution in [2.75, 3.05) is 26.4 Å². The monoisotopic (exact) mass is 538 g/mol. The Bertz CT molecular complexity index is 1240. The summed E-state index contributed by atoms with van der Waals surface area (Å²) in [5.74, 6) is 0.665. The van der Waals surface area contributed by atoms with E-state index in [-0.39, 0.29) is 38.3 Å². The summed E-state index contributed by atoms with van der Waals surface area (Å²) in [5, 5.41) is 20.0. The van der Waals surface area contributed by atoms with E-state index in [2.05, 4.69) is 4.98 Å². The molecular weight excluding hydrogens is 503 g/mol. The number of rotatable bonds is 10. The molecule has 2 saturated heterocycles. The summed E-state index contributed by atoms with van der Waals surface area (Å²) in [6.07, 6.45) is 8.66. The highest BCUT2D eigenvalue weighted by atomic mass is 19.1. The Balaban J connectivity index is 1.23. The molecule has 5 rings (SSSR count). The van der Waals surface area contributed by atoms with E-state index in [0.29, 0.717) is 17.9 Å². The molecule has 39 heavy (non-hydrogen) atoms. The highest BCUT2D eigenvalue weighted by Gasteiger charge is 2.28. The molecule has 0 radical (unpaired) electrons. The average molecular weight is 539 g/mol. The molecule has 0 amide bonds. The van der Waals surface area contributed by atoms with Gasteiger partial charge in [0.25, 0.3) is 0 Å². The fourth-order valence-corrected chi connectivity index (χ4v) is 4.88. The van der Waals surface area contributed by atoms with Gasteiger partial charge < -0.3 is 33.7 Å². The number of aliphatic hydroxyl groups excluding tert-OH is 2. The van der Waals surface area contributed by atoms with Gasteiger partial charge in [-0.25, -0.2) is 9.37 Å². The number of hydrogen-bond donors (Lipinski definition) is 2. The molecule has 8 nitrogen and oxygen atoms in total. The second kappa shape index (κ2) is 12.8. The third-order valence-electron chi connectivity index (χ3n) is 7.06. The van der Waals surface area contributed by atoms with Crippen LogP contribution in [0, 0.1) is 5.82 Å². The zero-order valence-corrected chi connectivity index (χ0v) is 22.0. The van der Waals surface area contributed by atoms with Gasteiger partial charge in [0, 0.05) is 30.6 Å². The molecule has 1 aromatic heterocycles. The van der Waals surface area contributed by atoms with E-state index in [9.17, 15) is 14.6 Å². The van der Waals surface area contributed by atoms with Gasteiger partial charge in [0.1, 0.15) is 35.7 Å². The second-order valence-electron chi connectivity index (χ2n) is 9.90. The van der Waals surface area contributed by atoms with Gasteiger partial charge in [-0.05, 0) is 49.4 Å². The average Bonchev–Trinajstić information content (AvgIpc) is 3.60. The first-order valence-electron chi connectivity index (χ1n) is 13.4. The Labute approximate surface area is 227 Å². The van der Waals surface area contributed by atoms with Gasteiger partial charge in [-0.3, -0.25) is 0 Å². The molecule has 3 aromatic rings. The van der Waals surface area contributed by atoms with Crippen LogP contribution in [0.5, 0.6) is 5.75 Å². The lowest BCUT2D eigenvalue weighted by molar-refractivity contribution is -0.188. The van der Waals surface area contributed by atoms with E-state index in [1.165, 1.54) is 6.07 Å². The van der Waals surface area contributed by atoms with E-state index in [0.717, 1.165) is 36.2 Å². The van der Waals surface area contributed by atoms with Crippen molar-refractivity contribution in [3.63, 3.8) is 0 Å². The van der Waals surface area contributed by atoms with Crippen LogP contribution in [0.2, 0.25) is 0 Å². The second-order valence-corrected chi connectivity index (χ2v) is 9.90. The summed E-state index contributed by atoms with van der Waals surface area (Å²) < 4.78 is 39.4. The molecule has 2 aliphatic rings. The minimum Gasteiger partial charge on any atom is -0.485 e. The minimum absolute atomic E-state index is 0.103. The van der Waals surface area contributed by atoms with Crippen LogP contribution in [0.25, 0.3) is 17.2 Å². The lowest BCUT2D eigenvalue weighted by Crippen LogP contribution is -2.29. The van der Waals surface area contributed by atoms with Crippen molar-refractivity contribution < 1.29 is 33.6 Å². The topological polar surface area (TPSA) is 95.2 Å². The minimum atomic E-state index is -0.716. The van der Waals surface area contributed by atoms with Crippen LogP contribution < -0.4 is 4.74 Å². The molecule has 9 heteroatoms. The Morgan fingerprint density at radius 3 is 2.72 bits per heavy atom. The van der Waals surface area contributed by atoms with E-state index >= 15 is 0 Å². The zero-order valence-electron chi connectivity index (χ0n) is 22.0. The summed E-state index contributed by atoms with van der Waals surface area (Å²) in [5.41, 5.74) is 2.09. The third-order valence-corrected chi connectivity index (χ3v) is 7.06. The van der Waals surface area contributed by atoms with Gasteiger partial charge in [0.05, 0.1) is 25.9 Å². The third kappa shape index (κ3) is 6.74. The molecule has 0 bridgehead atoms. The first kappa shape index (κ1) is 27.5. The van der Waals surface area contributed by atoms with Crippen LogP contribution in [-0.2, 0) is 14.2 Å². The van der Waals surface area contributed by atoms with Gasteiger partial charge >= 0.3 is 0 Å². The summed E-state index contributed by atoms with van der Waals surface area (Å²) in [4.78, 5) is 4.47.